The molecule has 0 saturated carbocycles. The second kappa shape index (κ2) is 5.30. The van der Waals surface area contributed by atoms with E-state index in [1.807, 2.05) is 48.5 Å². The third kappa shape index (κ3) is 2.25. The first-order chi connectivity index (χ1) is 10.7. The maximum atomic E-state index is 5.99. The summed E-state index contributed by atoms with van der Waals surface area (Å²) in [7, 11) is 0. The van der Waals surface area contributed by atoms with Gasteiger partial charge in [0.25, 0.3) is 0 Å². The lowest BCUT2D eigenvalue weighted by molar-refractivity contribution is 0.332. The summed E-state index contributed by atoms with van der Waals surface area (Å²) < 4.78 is 5.90. The summed E-state index contributed by atoms with van der Waals surface area (Å²) in [5.41, 5.74) is 4.36. The van der Waals surface area contributed by atoms with E-state index in [0.717, 1.165) is 33.2 Å². The topological polar surface area (TPSA) is 33.3 Å². The molecule has 5 heteroatoms. The van der Waals surface area contributed by atoms with Crippen LogP contribution in [0.5, 0.6) is 5.75 Å². The summed E-state index contributed by atoms with van der Waals surface area (Å²) in [5, 5.41) is 7.94. The zero-order chi connectivity index (χ0) is 15.1. The van der Waals surface area contributed by atoms with Crippen LogP contribution in [0, 0.1) is 0 Å². The van der Waals surface area contributed by atoms with Crippen molar-refractivity contribution in [2.45, 2.75) is 6.04 Å². The van der Waals surface area contributed by atoms with E-state index < -0.39 is 0 Å². The number of para-hydroxylation sites is 1. The van der Waals surface area contributed by atoms with Gasteiger partial charge in [0.2, 0.25) is 0 Å². The molecule has 2 N–H and O–H groups in total. The van der Waals surface area contributed by atoms with Crippen molar-refractivity contribution in [3.8, 4) is 5.75 Å². The first kappa shape index (κ1) is 13.6. The molecule has 110 valence electrons. The standard InChI is InChI=1S/C17H13ClN2OS/c18-11-7-5-10(6-8-11)15-13-9-21-14-4-2-1-3-12(14)16(13)20-17(22)19-15/h1-8,15H,9H2,(H2,19,20,22)/t15-/m1/s1. The van der Waals surface area contributed by atoms with Gasteiger partial charge in [-0.2, -0.15) is 0 Å². The summed E-state index contributed by atoms with van der Waals surface area (Å²) in [6, 6.07) is 15.8. The molecule has 4 rings (SSSR count). The average molecular weight is 329 g/mol. The summed E-state index contributed by atoms with van der Waals surface area (Å²) >= 11 is 11.4. The summed E-state index contributed by atoms with van der Waals surface area (Å²) in [6.45, 7) is 0.530. The van der Waals surface area contributed by atoms with Crippen molar-refractivity contribution in [1.29, 1.82) is 0 Å². The van der Waals surface area contributed by atoms with Gasteiger partial charge >= 0.3 is 0 Å². The lowest BCUT2D eigenvalue weighted by Crippen LogP contribution is -2.45. The number of thiocarbonyl (C=S) groups is 1. The average Bonchev–Trinajstić information content (AvgIpc) is 2.55. The SMILES string of the molecule is S=C1NC2=C(COc3ccccc32)[C@@H](c2ccc(Cl)cc2)N1. The van der Waals surface area contributed by atoms with Crippen LogP contribution in [0.1, 0.15) is 17.2 Å². The molecule has 0 unspecified atom stereocenters. The van der Waals surface area contributed by atoms with Gasteiger partial charge in [0, 0.05) is 16.2 Å². The highest BCUT2D eigenvalue weighted by molar-refractivity contribution is 7.80. The third-order valence-electron chi connectivity index (χ3n) is 3.93. The highest BCUT2D eigenvalue weighted by atomic mass is 35.5. The van der Waals surface area contributed by atoms with E-state index in [9.17, 15) is 0 Å². The largest absolute Gasteiger partial charge is 0.488 e. The first-order valence-electron chi connectivity index (χ1n) is 7.00. The molecule has 2 aliphatic heterocycles. The molecule has 0 fully saturated rings. The Morgan fingerprint density at radius 1 is 1.09 bits per heavy atom. The normalized spacial score (nSPS) is 19.5. The van der Waals surface area contributed by atoms with E-state index in [2.05, 4.69) is 10.6 Å². The van der Waals surface area contributed by atoms with Gasteiger partial charge in [0.05, 0.1) is 11.7 Å². The van der Waals surface area contributed by atoms with Crippen LogP contribution < -0.4 is 15.4 Å². The molecule has 2 aromatic carbocycles. The van der Waals surface area contributed by atoms with Crippen molar-refractivity contribution in [2.75, 3.05) is 6.61 Å². The molecule has 2 aliphatic rings. The van der Waals surface area contributed by atoms with Gasteiger partial charge in [0.15, 0.2) is 5.11 Å². The molecule has 0 aromatic heterocycles. The Balaban J connectivity index is 1.84. The Labute approximate surface area is 138 Å². The van der Waals surface area contributed by atoms with Gasteiger partial charge < -0.3 is 15.4 Å². The van der Waals surface area contributed by atoms with Crippen LogP contribution in [0.4, 0.5) is 0 Å². The Hall–Kier alpha value is -2.04. The van der Waals surface area contributed by atoms with Crippen LogP contribution in [0.25, 0.3) is 5.70 Å². The van der Waals surface area contributed by atoms with Crippen molar-refractivity contribution in [2.24, 2.45) is 0 Å². The second-order valence-corrected chi connectivity index (χ2v) is 6.11. The number of nitrogens with one attached hydrogen (secondary N) is 2. The first-order valence-corrected chi connectivity index (χ1v) is 7.79. The molecule has 0 radical (unpaired) electrons. The zero-order valence-corrected chi connectivity index (χ0v) is 13.2. The number of ether oxygens (including phenoxy) is 1. The summed E-state index contributed by atoms with van der Waals surface area (Å²) in [6.07, 6.45) is 0. The van der Waals surface area contributed by atoms with Crippen LogP contribution in [0.2, 0.25) is 5.02 Å². The third-order valence-corrected chi connectivity index (χ3v) is 4.40. The highest BCUT2D eigenvalue weighted by Crippen LogP contribution is 2.38. The minimum atomic E-state index is -0.00521. The molecular formula is C17H13ClN2OS. The molecule has 22 heavy (non-hydrogen) atoms. The van der Waals surface area contributed by atoms with Crippen LogP contribution in [-0.4, -0.2) is 11.7 Å². The molecule has 0 amide bonds. The summed E-state index contributed by atoms with van der Waals surface area (Å²) in [5.74, 6) is 0.883. The van der Waals surface area contributed by atoms with Gasteiger partial charge in [-0.15, -0.1) is 0 Å². The fraction of sp³-hybridized carbons (Fsp3) is 0.118. The number of fused-ring (bicyclic) bond motifs is 2. The zero-order valence-electron chi connectivity index (χ0n) is 11.6. The molecule has 0 bridgehead atoms. The van der Waals surface area contributed by atoms with E-state index in [1.165, 1.54) is 0 Å². The van der Waals surface area contributed by atoms with Crippen molar-refractivity contribution in [3.05, 3.63) is 70.3 Å². The Bertz CT molecular complexity index is 786. The Morgan fingerprint density at radius 3 is 2.68 bits per heavy atom. The minimum absolute atomic E-state index is 0.00521. The van der Waals surface area contributed by atoms with Crippen LogP contribution in [0.3, 0.4) is 0 Å². The van der Waals surface area contributed by atoms with Gasteiger partial charge in [-0.25, -0.2) is 0 Å². The van der Waals surface area contributed by atoms with E-state index in [1.54, 1.807) is 0 Å². The number of hydrogen-bond donors (Lipinski definition) is 2. The molecule has 0 saturated heterocycles. The van der Waals surface area contributed by atoms with Gasteiger partial charge in [0.1, 0.15) is 12.4 Å². The lowest BCUT2D eigenvalue weighted by Gasteiger charge is -2.35. The van der Waals surface area contributed by atoms with Crippen LogP contribution in [-0.2, 0) is 0 Å². The fourth-order valence-corrected chi connectivity index (χ4v) is 3.23. The fourth-order valence-electron chi connectivity index (χ4n) is 2.88. The quantitative estimate of drug-likeness (QED) is 0.783. The highest BCUT2D eigenvalue weighted by Gasteiger charge is 2.31. The van der Waals surface area contributed by atoms with Crippen molar-refractivity contribution < 1.29 is 4.74 Å². The minimum Gasteiger partial charge on any atom is -0.488 e. The van der Waals surface area contributed by atoms with E-state index in [-0.39, 0.29) is 6.04 Å². The maximum absolute atomic E-state index is 5.99. The number of hydrogen-bond acceptors (Lipinski definition) is 2. The maximum Gasteiger partial charge on any atom is 0.171 e. The Morgan fingerprint density at radius 2 is 1.86 bits per heavy atom. The monoisotopic (exact) mass is 328 g/mol. The van der Waals surface area contributed by atoms with Crippen molar-refractivity contribution in [3.63, 3.8) is 0 Å². The number of halogens is 1. The van der Waals surface area contributed by atoms with Crippen molar-refractivity contribution >= 4 is 34.6 Å². The molecule has 0 spiro atoms. The smallest absolute Gasteiger partial charge is 0.171 e. The van der Waals surface area contributed by atoms with Crippen LogP contribution in [0.15, 0.2) is 54.1 Å². The van der Waals surface area contributed by atoms with Gasteiger partial charge in [-0.1, -0.05) is 35.9 Å². The molecule has 2 heterocycles. The number of rotatable bonds is 1. The number of benzene rings is 2. The summed E-state index contributed by atoms with van der Waals surface area (Å²) in [4.78, 5) is 0. The van der Waals surface area contributed by atoms with Gasteiger partial charge in [-0.05, 0) is 42.0 Å². The van der Waals surface area contributed by atoms with E-state index in [0.29, 0.717) is 11.7 Å². The molecule has 3 nitrogen and oxygen atoms in total. The Kier molecular flexibility index (Phi) is 3.28. The van der Waals surface area contributed by atoms with E-state index in [4.69, 9.17) is 28.6 Å². The van der Waals surface area contributed by atoms with E-state index >= 15 is 0 Å². The predicted octanol–water partition coefficient (Wildman–Crippen LogP) is 3.66. The van der Waals surface area contributed by atoms with Gasteiger partial charge in [-0.3, -0.25) is 0 Å². The lowest BCUT2D eigenvalue weighted by atomic mass is 9.92. The predicted molar refractivity (Wildman–Crippen MR) is 91.9 cm³/mol. The second-order valence-electron chi connectivity index (χ2n) is 5.27. The molecular weight excluding hydrogens is 316 g/mol. The van der Waals surface area contributed by atoms with Crippen LogP contribution >= 0.6 is 23.8 Å². The van der Waals surface area contributed by atoms with Crippen molar-refractivity contribution in [1.82, 2.24) is 10.6 Å². The molecule has 0 aliphatic carbocycles. The molecule has 1 atom stereocenters. The molecule has 2 aromatic rings.